The number of rotatable bonds is 4. The SMILES string of the molecule is O=C(COc1cccc(Cl)c1)c1ccc(F)cc1. The van der Waals surface area contributed by atoms with E-state index in [0.29, 0.717) is 16.3 Å². The lowest BCUT2D eigenvalue weighted by Gasteiger charge is -2.05. The van der Waals surface area contributed by atoms with Crippen molar-refractivity contribution < 1.29 is 13.9 Å². The Morgan fingerprint density at radius 3 is 2.56 bits per heavy atom. The van der Waals surface area contributed by atoms with Crippen LogP contribution in [0.3, 0.4) is 0 Å². The molecule has 0 heterocycles. The van der Waals surface area contributed by atoms with Crippen LogP contribution in [0.4, 0.5) is 4.39 Å². The lowest BCUT2D eigenvalue weighted by molar-refractivity contribution is 0.0921. The summed E-state index contributed by atoms with van der Waals surface area (Å²) in [6, 6.07) is 12.1. The van der Waals surface area contributed by atoms with Gasteiger partial charge >= 0.3 is 0 Å². The van der Waals surface area contributed by atoms with Gasteiger partial charge in [-0.2, -0.15) is 0 Å². The fourth-order valence-corrected chi connectivity index (χ4v) is 1.61. The van der Waals surface area contributed by atoms with Crippen molar-refractivity contribution in [3.05, 3.63) is 64.9 Å². The highest BCUT2D eigenvalue weighted by molar-refractivity contribution is 6.30. The Bertz CT molecular complexity index is 552. The molecule has 0 atom stereocenters. The van der Waals surface area contributed by atoms with Gasteiger partial charge in [-0.25, -0.2) is 4.39 Å². The molecule has 18 heavy (non-hydrogen) atoms. The Kier molecular flexibility index (Phi) is 3.95. The van der Waals surface area contributed by atoms with Crippen molar-refractivity contribution in [3.8, 4) is 5.75 Å². The molecule has 2 aromatic rings. The first-order valence-electron chi connectivity index (χ1n) is 5.32. The fraction of sp³-hybridized carbons (Fsp3) is 0.0714. The van der Waals surface area contributed by atoms with E-state index in [9.17, 15) is 9.18 Å². The van der Waals surface area contributed by atoms with Crippen LogP contribution < -0.4 is 4.74 Å². The van der Waals surface area contributed by atoms with Gasteiger partial charge in [0.2, 0.25) is 0 Å². The number of ketones is 1. The topological polar surface area (TPSA) is 26.3 Å². The van der Waals surface area contributed by atoms with E-state index in [1.807, 2.05) is 0 Å². The molecule has 0 radical (unpaired) electrons. The summed E-state index contributed by atoms with van der Waals surface area (Å²) in [5.74, 6) is -0.0600. The minimum absolute atomic E-state index is 0.105. The molecule has 0 aliphatic heterocycles. The maximum Gasteiger partial charge on any atom is 0.200 e. The molecule has 0 spiro atoms. The molecule has 0 aromatic heterocycles. The Morgan fingerprint density at radius 1 is 1.17 bits per heavy atom. The van der Waals surface area contributed by atoms with Crippen molar-refractivity contribution >= 4 is 17.4 Å². The van der Waals surface area contributed by atoms with E-state index in [1.54, 1.807) is 24.3 Å². The van der Waals surface area contributed by atoms with E-state index in [-0.39, 0.29) is 18.2 Å². The quantitative estimate of drug-likeness (QED) is 0.787. The second kappa shape index (κ2) is 5.65. The molecule has 2 aromatic carbocycles. The smallest absolute Gasteiger partial charge is 0.200 e. The van der Waals surface area contributed by atoms with E-state index in [4.69, 9.17) is 16.3 Å². The highest BCUT2D eigenvalue weighted by Crippen LogP contribution is 2.17. The molecule has 0 amide bonds. The molecule has 0 saturated carbocycles. The Balaban J connectivity index is 1.98. The molecular formula is C14H10ClFO2. The van der Waals surface area contributed by atoms with E-state index in [2.05, 4.69) is 0 Å². The standard InChI is InChI=1S/C14H10ClFO2/c15-11-2-1-3-13(8-11)18-9-14(17)10-4-6-12(16)7-5-10/h1-8H,9H2. The molecule has 0 N–H and O–H groups in total. The molecule has 0 fully saturated rings. The van der Waals surface area contributed by atoms with Crippen LogP contribution in [0, 0.1) is 5.82 Å². The monoisotopic (exact) mass is 264 g/mol. The van der Waals surface area contributed by atoms with Crippen LogP contribution in [-0.2, 0) is 0 Å². The van der Waals surface area contributed by atoms with Gasteiger partial charge in [-0.3, -0.25) is 4.79 Å². The van der Waals surface area contributed by atoms with Crippen LogP contribution in [0.15, 0.2) is 48.5 Å². The zero-order valence-corrected chi connectivity index (χ0v) is 10.2. The predicted molar refractivity (Wildman–Crippen MR) is 67.7 cm³/mol. The first-order chi connectivity index (χ1) is 8.65. The molecule has 0 unspecified atom stereocenters. The average Bonchev–Trinajstić information content (AvgIpc) is 2.37. The summed E-state index contributed by atoms with van der Waals surface area (Å²) in [4.78, 5) is 11.7. The molecule has 0 aliphatic carbocycles. The van der Waals surface area contributed by atoms with Gasteiger partial charge in [-0.05, 0) is 42.5 Å². The largest absolute Gasteiger partial charge is 0.485 e. The Morgan fingerprint density at radius 2 is 1.89 bits per heavy atom. The summed E-state index contributed by atoms with van der Waals surface area (Å²) < 4.78 is 18.0. The number of benzene rings is 2. The maximum atomic E-state index is 12.7. The Hall–Kier alpha value is -1.87. The van der Waals surface area contributed by atoms with Crippen LogP contribution in [0.2, 0.25) is 5.02 Å². The van der Waals surface area contributed by atoms with Gasteiger partial charge in [0.15, 0.2) is 12.4 Å². The van der Waals surface area contributed by atoms with Gasteiger partial charge in [-0.1, -0.05) is 17.7 Å². The second-order valence-corrected chi connectivity index (χ2v) is 4.11. The van der Waals surface area contributed by atoms with E-state index in [0.717, 1.165) is 0 Å². The van der Waals surface area contributed by atoms with Crippen LogP contribution in [-0.4, -0.2) is 12.4 Å². The fourth-order valence-electron chi connectivity index (χ4n) is 1.42. The second-order valence-electron chi connectivity index (χ2n) is 3.68. The van der Waals surface area contributed by atoms with Crippen molar-refractivity contribution in [2.75, 3.05) is 6.61 Å². The van der Waals surface area contributed by atoms with Gasteiger partial charge in [0.1, 0.15) is 11.6 Å². The first kappa shape index (κ1) is 12.6. The van der Waals surface area contributed by atoms with E-state index >= 15 is 0 Å². The lowest BCUT2D eigenvalue weighted by Crippen LogP contribution is -2.11. The van der Waals surface area contributed by atoms with Gasteiger partial charge in [0.05, 0.1) is 0 Å². The number of ether oxygens (including phenoxy) is 1. The maximum absolute atomic E-state index is 12.7. The van der Waals surface area contributed by atoms with Crippen molar-refractivity contribution in [2.24, 2.45) is 0 Å². The number of Topliss-reactive ketones (excluding diaryl/α,β-unsaturated/α-hetero) is 1. The normalized spacial score (nSPS) is 10.1. The van der Waals surface area contributed by atoms with Crippen LogP contribution in [0.5, 0.6) is 5.75 Å². The summed E-state index contributed by atoms with van der Waals surface area (Å²) in [5, 5.41) is 0.543. The van der Waals surface area contributed by atoms with Crippen molar-refractivity contribution in [1.82, 2.24) is 0 Å². The molecule has 0 bridgehead atoms. The van der Waals surface area contributed by atoms with Crippen LogP contribution in [0.1, 0.15) is 10.4 Å². The third kappa shape index (κ3) is 3.31. The first-order valence-corrected chi connectivity index (χ1v) is 5.70. The van der Waals surface area contributed by atoms with Crippen LogP contribution in [0.25, 0.3) is 0 Å². The third-order valence-electron chi connectivity index (χ3n) is 2.33. The average molecular weight is 265 g/mol. The molecule has 0 aliphatic rings. The van der Waals surface area contributed by atoms with Gasteiger partial charge in [-0.15, -0.1) is 0 Å². The zero-order chi connectivity index (χ0) is 13.0. The summed E-state index contributed by atoms with van der Waals surface area (Å²) in [6.07, 6.45) is 0. The minimum Gasteiger partial charge on any atom is -0.485 e. The molecule has 2 nitrogen and oxygen atoms in total. The van der Waals surface area contributed by atoms with Crippen LogP contribution >= 0.6 is 11.6 Å². The third-order valence-corrected chi connectivity index (χ3v) is 2.57. The summed E-state index contributed by atoms with van der Waals surface area (Å²) in [7, 11) is 0. The number of carbonyl (C=O) groups is 1. The van der Waals surface area contributed by atoms with Crippen molar-refractivity contribution in [1.29, 1.82) is 0 Å². The van der Waals surface area contributed by atoms with Gasteiger partial charge < -0.3 is 4.74 Å². The number of carbonyl (C=O) groups excluding carboxylic acids is 1. The number of hydrogen-bond donors (Lipinski definition) is 0. The predicted octanol–water partition coefficient (Wildman–Crippen LogP) is 3.74. The molecule has 0 saturated heterocycles. The molecule has 4 heteroatoms. The minimum atomic E-state index is -0.373. The van der Waals surface area contributed by atoms with Gasteiger partial charge in [0, 0.05) is 10.6 Å². The lowest BCUT2D eigenvalue weighted by atomic mass is 10.1. The molecule has 92 valence electrons. The van der Waals surface area contributed by atoms with Crippen molar-refractivity contribution in [2.45, 2.75) is 0 Å². The van der Waals surface area contributed by atoms with E-state index < -0.39 is 0 Å². The number of halogens is 2. The Labute approximate surface area is 109 Å². The van der Waals surface area contributed by atoms with Gasteiger partial charge in [0.25, 0.3) is 0 Å². The highest BCUT2D eigenvalue weighted by Gasteiger charge is 2.07. The highest BCUT2D eigenvalue weighted by atomic mass is 35.5. The number of hydrogen-bond acceptors (Lipinski definition) is 2. The zero-order valence-electron chi connectivity index (χ0n) is 9.40. The van der Waals surface area contributed by atoms with E-state index in [1.165, 1.54) is 24.3 Å². The molecule has 2 rings (SSSR count). The van der Waals surface area contributed by atoms with Crippen molar-refractivity contribution in [3.63, 3.8) is 0 Å². The summed E-state index contributed by atoms with van der Waals surface area (Å²) in [5.41, 5.74) is 0.415. The summed E-state index contributed by atoms with van der Waals surface area (Å²) in [6.45, 7) is -0.105. The molecular weight excluding hydrogens is 255 g/mol. The summed E-state index contributed by atoms with van der Waals surface area (Å²) >= 11 is 5.79.